The van der Waals surface area contributed by atoms with Crippen molar-refractivity contribution in [1.29, 1.82) is 0 Å². The summed E-state index contributed by atoms with van der Waals surface area (Å²) in [6.07, 6.45) is -4.66. The highest BCUT2D eigenvalue weighted by molar-refractivity contribution is 6.31. The molecule has 0 atom stereocenters. The Hall–Kier alpha value is -2.08. The van der Waals surface area contributed by atoms with Gasteiger partial charge in [-0.05, 0) is 30.3 Å². The van der Waals surface area contributed by atoms with Crippen LogP contribution in [0.25, 0.3) is 0 Å². The molecule has 1 amide bonds. The van der Waals surface area contributed by atoms with Crippen LogP contribution in [0.3, 0.4) is 0 Å². The number of nitrogens with one attached hydrogen (secondary N) is 1. The summed E-state index contributed by atoms with van der Waals surface area (Å²) in [6.45, 7) is 0. The third kappa shape index (κ3) is 3.52. The molecule has 2 nitrogen and oxygen atoms in total. The highest BCUT2D eigenvalue weighted by Crippen LogP contribution is 2.36. The average molecular weight is 318 g/mol. The summed E-state index contributed by atoms with van der Waals surface area (Å²) in [6, 6.07) is 7.75. The molecule has 0 aliphatic carbocycles. The molecular formula is C14H8ClF4NO. The molecule has 0 fully saturated rings. The Labute approximate surface area is 122 Å². The number of carbonyl (C=O) groups is 1. The van der Waals surface area contributed by atoms with Gasteiger partial charge in [-0.25, -0.2) is 4.39 Å². The predicted molar refractivity (Wildman–Crippen MR) is 70.8 cm³/mol. The first-order valence-electron chi connectivity index (χ1n) is 5.71. The lowest BCUT2D eigenvalue weighted by Gasteiger charge is -2.14. The number of carbonyl (C=O) groups excluding carboxylic acids is 1. The van der Waals surface area contributed by atoms with Crippen molar-refractivity contribution in [2.45, 2.75) is 6.18 Å². The first-order valence-corrected chi connectivity index (χ1v) is 6.09. The summed E-state index contributed by atoms with van der Waals surface area (Å²) in [5, 5.41) is 2.05. The van der Waals surface area contributed by atoms with E-state index in [1.807, 2.05) is 5.32 Å². The number of amides is 1. The first kappa shape index (κ1) is 15.3. The second kappa shape index (κ2) is 5.73. The van der Waals surface area contributed by atoms with Crippen LogP contribution in [0.2, 0.25) is 5.02 Å². The van der Waals surface area contributed by atoms with Crippen LogP contribution in [0.15, 0.2) is 42.5 Å². The fourth-order valence-corrected chi connectivity index (χ4v) is 1.87. The summed E-state index contributed by atoms with van der Waals surface area (Å²) >= 11 is 5.63. The summed E-state index contributed by atoms with van der Waals surface area (Å²) < 4.78 is 52.0. The minimum Gasteiger partial charge on any atom is -0.321 e. The standard InChI is InChI=1S/C14H8ClF4NO/c15-8-5-6-10(14(17,18)19)12(7-8)20-13(21)9-3-1-2-4-11(9)16/h1-7H,(H,20,21). The summed E-state index contributed by atoms with van der Waals surface area (Å²) in [5.41, 5.74) is -1.94. The molecule has 1 N–H and O–H groups in total. The molecule has 0 aliphatic rings. The lowest BCUT2D eigenvalue weighted by atomic mass is 10.1. The van der Waals surface area contributed by atoms with Crippen LogP contribution in [0, 0.1) is 5.82 Å². The van der Waals surface area contributed by atoms with Crippen molar-refractivity contribution in [3.05, 3.63) is 64.4 Å². The highest BCUT2D eigenvalue weighted by atomic mass is 35.5. The van der Waals surface area contributed by atoms with Crippen LogP contribution >= 0.6 is 11.6 Å². The maximum atomic E-state index is 13.4. The van der Waals surface area contributed by atoms with Crippen molar-refractivity contribution < 1.29 is 22.4 Å². The van der Waals surface area contributed by atoms with Gasteiger partial charge in [0.2, 0.25) is 0 Å². The average Bonchev–Trinajstić information content (AvgIpc) is 2.37. The zero-order valence-electron chi connectivity index (χ0n) is 10.3. The predicted octanol–water partition coefficient (Wildman–Crippen LogP) is 4.75. The maximum absolute atomic E-state index is 13.4. The Kier molecular flexibility index (Phi) is 4.18. The van der Waals surface area contributed by atoms with Crippen LogP contribution in [-0.2, 0) is 6.18 Å². The fourth-order valence-electron chi connectivity index (χ4n) is 1.70. The quantitative estimate of drug-likeness (QED) is 0.796. The van der Waals surface area contributed by atoms with Gasteiger partial charge in [0.05, 0.1) is 16.8 Å². The van der Waals surface area contributed by atoms with E-state index in [4.69, 9.17) is 11.6 Å². The molecule has 0 heterocycles. The van der Waals surface area contributed by atoms with E-state index in [0.29, 0.717) is 0 Å². The minimum absolute atomic E-state index is 0.0202. The van der Waals surface area contributed by atoms with E-state index >= 15 is 0 Å². The number of halogens is 5. The third-order valence-electron chi connectivity index (χ3n) is 2.65. The van der Waals surface area contributed by atoms with E-state index in [0.717, 1.165) is 24.3 Å². The number of benzene rings is 2. The zero-order chi connectivity index (χ0) is 15.6. The van der Waals surface area contributed by atoms with Gasteiger partial charge in [0.15, 0.2) is 0 Å². The summed E-state index contributed by atoms with van der Waals surface area (Å²) in [4.78, 5) is 11.9. The van der Waals surface area contributed by atoms with Crippen LogP contribution in [0.5, 0.6) is 0 Å². The number of anilines is 1. The first-order chi connectivity index (χ1) is 9.79. The minimum atomic E-state index is -4.66. The molecule has 0 saturated carbocycles. The van der Waals surface area contributed by atoms with Crippen LogP contribution < -0.4 is 5.32 Å². The third-order valence-corrected chi connectivity index (χ3v) is 2.89. The molecule has 110 valence electrons. The van der Waals surface area contributed by atoms with Gasteiger partial charge < -0.3 is 5.32 Å². The van der Waals surface area contributed by atoms with Gasteiger partial charge in [0, 0.05) is 5.02 Å². The van der Waals surface area contributed by atoms with E-state index in [1.54, 1.807) is 0 Å². The fraction of sp³-hybridized carbons (Fsp3) is 0.0714. The number of alkyl halides is 3. The van der Waals surface area contributed by atoms with Crippen LogP contribution in [0.1, 0.15) is 15.9 Å². The molecule has 0 unspecified atom stereocenters. The smallest absolute Gasteiger partial charge is 0.321 e. The SMILES string of the molecule is O=C(Nc1cc(Cl)ccc1C(F)(F)F)c1ccccc1F. The molecule has 2 rings (SSSR count). The van der Waals surface area contributed by atoms with Crippen molar-refractivity contribution in [2.75, 3.05) is 5.32 Å². The van der Waals surface area contributed by atoms with Crippen molar-refractivity contribution in [3.8, 4) is 0 Å². The molecule has 0 radical (unpaired) electrons. The van der Waals surface area contributed by atoms with Gasteiger partial charge in [0.1, 0.15) is 5.82 Å². The number of rotatable bonds is 2. The second-order valence-electron chi connectivity index (χ2n) is 4.12. The maximum Gasteiger partial charge on any atom is 0.418 e. The van der Waals surface area contributed by atoms with Gasteiger partial charge in [-0.1, -0.05) is 23.7 Å². The van der Waals surface area contributed by atoms with E-state index in [2.05, 4.69) is 0 Å². The summed E-state index contributed by atoms with van der Waals surface area (Å²) in [7, 11) is 0. The molecule has 0 bridgehead atoms. The molecule has 2 aromatic rings. The molecule has 0 aromatic heterocycles. The number of hydrogen-bond acceptors (Lipinski definition) is 1. The molecule has 7 heteroatoms. The molecule has 0 aliphatic heterocycles. The summed E-state index contributed by atoms with van der Waals surface area (Å²) in [5.74, 6) is -1.81. The molecule has 0 saturated heterocycles. The van der Waals surface area contributed by atoms with Gasteiger partial charge in [-0.2, -0.15) is 13.2 Å². The van der Waals surface area contributed by atoms with Crippen LogP contribution in [-0.4, -0.2) is 5.91 Å². The Balaban J connectivity index is 2.38. The van der Waals surface area contributed by atoms with Gasteiger partial charge >= 0.3 is 6.18 Å². The highest BCUT2D eigenvalue weighted by Gasteiger charge is 2.34. The van der Waals surface area contributed by atoms with Crippen molar-refractivity contribution in [1.82, 2.24) is 0 Å². The molecule has 21 heavy (non-hydrogen) atoms. The van der Waals surface area contributed by atoms with E-state index in [-0.39, 0.29) is 10.6 Å². The van der Waals surface area contributed by atoms with Gasteiger partial charge in [-0.15, -0.1) is 0 Å². The lowest BCUT2D eigenvalue weighted by molar-refractivity contribution is -0.136. The van der Waals surface area contributed by atoms with Crippen molar-refractivity contribution >= 4 is 23.2 Å². The van der Waals surface area contributed by atoms with Crippen LogP contribution in [0.4, 0.5) is 23.2 Å². The lowest BCUT2D eigenvalue weighted by Crippen LogP contribution is -2.17. The van der Waals surface area contributed by atoms with E-state index < -0.39 is 29.2 Å². The van der Waals surface area contributed by atoms with E-state index in [9.17, 15) is 22.4 Å². The molecule has 0 spiro atoms. The monoisotopic (exact) mass is 317 g/mol. The number of hydrogen-bond donors (Lipinski definition) is 1. The molecule has 2 aromatic carbocycles. The normalized spacial score (nSPS) is 11.3. The second-order valence-corrected chi connectivity index (χ2v) is 4.56. The Morgan fingerprint density at radius 2 is 1.76 bits per heavy atom. The van der Waals surface area contributed by atoms with Crippen molar-refractivity contribution in [3.63, 3.8) is 0 Å². The largest absolute Gasteiger partial charge is 0.418 e. The Morgan fingerprint density at radius 1 is 1.10 bits per heavy atom. The molecular weight excluding hydrogens is 310 g/mol. The Bertz CT molecular complexity index is 685. The van der Waals surface area contributed by atoms with Gasteiger partial charge in [0.25, 0.3) is 5.91 Å². The topological polar surface area (TPSA) is 29.1 Å². The van der Waals surface area contributed by atoms with Crippen molar-refractivity contribution in [2.24, 2.45) is 0 Å². The van der Waals surface area contributed by atoms with Gasteiger partial charge in [-0.3, -0.25) is 4.79 Å². The Morgan fingerprint density at radius 3 is 2.38 bits per heavy atom. The zero-order valence-corrected chi connectivity index (χ0v) is 11.1. The van der Waals surface area contributed by atoms with E-state index in [1.165, 1.54) is 18.2 Å².